The largest absolute Gasteiger partial charge is 0.417 e. The molecule has 4 rings (SSSR count). The highest BCUT2D eigenvalue weighted by Gasteiger charge is 2.33. The van der Waals surface area contributed by atoms with Crippen molar-refractivity contribution in [3.8, 4) is 0 Å². The highest BCUT2D eigenvalue weighted by Crippen LogP contribution is 2.25. The van der Waals surface area contributed by atoms with Crippen LogP contribution in [-0.2, 0) is 21.2 Å². The van der Waals surface area contributed by atoms with E-state index in [1.54, 1.807) is 0 Å². The molecule has 0 unspecified atom stereocenters. The Kier molecular flexibility index (Phi) is 5.74. The van der Waals surface area contributed by atoms with Crippen molar-refractivity contribution in [2.75, 3.05) is 19.6 Å². The Bertz CT molecular complexity index is 1200. The van der Waals surface area contributed by atoms with Crippen molar-refractivity contribution in [2.45, 2.75) is 24.2 Å². The van der Waals surface area contributed by atoms with Crippen molar-refractivity contribution < 1.29 is 17.6 Å². The van der Waals surface area contributed by atoms with Gasteiger partial charge in [0, 0.05) is 25.7 Å². The van der Waals surface area contributed by atoms with Crippen molar-refractivity contribution in [1.82, 2.24) is 14.6 Å². The first-order valence-corrected chi connectivity index (χ1v) is 11.3. The van der Waals surface area contributed by atoms with Gasteiger partial charge >= 0.3 is 5.76 Å². The third-order valence-electron chi connectivity index (χ3n) is 5.34. The molecule has 1 aromatic heterocycles. The average molecular weight is 429 g/mol. The molecule has 0 spiro atoms. The van der Waals surface area contributed by atoms with Gasteiger partial charge in [-0.25, -0.2) is 13.2 Å². The van der Waals surface area contributed by atoms with Crippen LogP contribution in [0.1, 0.15) is 18.4 Å². The summed E-state index contributed by atoms with van der Waals surface area (Å²) in [5, 5.41) is 2.93. The standard InChI is InChI=1S/C21H23N3O5S/c25-20(22-11-10-15-5-2-1-3-6-15)16-7-4-12-24(14-16)30(27,28)17-8-9-18-19(13-17)29-21(26)23-18/h1-3,5-6,8-9,13,16H,4,7,10-12,14H2,(H,22,25)(H,23,26)/t16-/m0/s1. The highest BCUT2D eigenvalue weighted by molar-refractivity contribution is 7.89. The average Bonchev–Trinajstić information content (AvgIpc) is 3.13. The lowest BCUT2D eigenvalue weighted by atomic mass is 9.99. The number of hydrogen-bond donors (Lipinski definition) is 2. The molecule has 1 amide bonds. The molecule has 9 heteroatoms. The van der Waals surface area contributed by atoms with E-state index >= 15 is 0 Å². The topological polar surface area (TPSA) is 112 Å². The van der Waals surface area contributed by atoms with Gasteiger partial charge < -0.3 is 9.73 Å². The summed E-state index contributed by atoms with van der Waals surface area (Å²) in [6.45, 7) is 0.995. The minimum atomic E-state index is -3.80. The summed E-state index contributed by atoms with van der Waals surface area (Å²) in [6, 6.07) is 14.1. The molecule has 8 nitrogen and oxygen atoms in total. The number of nitrogens with one attached hydrogen (secondary N) is 2. The third kappa shape index (κ3) is 4.31. The SMILES string of the molecule is O=C(NCCc1ccccc1)[C@H]1CCCN(S(=O)(=O)c2ccc3[nH]c(=O)oc3c2)C1. The Balaban J connectivity index is 1.41. The van der Waals surface area contributed by atoms with Gasteiger partial charge in [-0.2, -0.15) is 4.31 Å². The Morgan fingerprint density at radius 1 is 1.20 bits per heavy atom. The number of fused-ring (bicyclic) bond motifs is 1. The number of amides is 1. The van der Waals surface area contributed by atoms with Gasteiger partial charge in [0.1, 0.15) is 0 Å². The molecule has 0 radical (unpaired) electrons. The normalized spacial score (nSPS) is 17.8. The summed E-state index contributed by atoms with van der Waals surface area (Å²) in [4.78, 5) is 26.4. The lowest BCUT2D eigenvalue weighted by Gasteiger charge is -2.31. The van der Waals surface area contributed by atoms with Crippen LogP contribution in [0.3, 0.4) is 0 Å². The third-order valence-corrected chi connectivity index (χ3v) is 7.20. The summed E-state index contributed by atoms with van der Waals surface area (Å²) in [5.74, 6) is -1.15. The van der Waals surface area contributed by atoms with E-state index in [2.05, 4.69) is 10.3 Å². The molecule has 1 atom stereocenters. The summed E-state index contributed by atoms with van der Waals surface area (Å²) < 4.78 is 32.4. The minimum Gasteiger partial charge on any atom is -0.408 e. The number of piperidine rings is 1. The van der Waals surface area contributed by atoms with Gasteiger partial charge in [-0.1, -0.05) is 30.3 Å². The second-order valence-corrected chi connectivity index (χ2v) is 9.34. The molecule has 2 N–H and O–H groups in total. The summed E-state index contributed by atoms with van der Waals surface area (Å²) in [7, 11) is -3.80. The molecule has 0 aliphatic carbocycles. The Labute approximate surface area is 173 Å². The number of carbonyl (C=O) groups is 1. The molecule has 3 aromatic rings. The van der Waals surface area contributed by atoms with Gasteiger partial charge in [-0.15, -0.1) is 0 Å². The maximum atomic E-state index is 13.1. The first kappa shape index (κ1) is 20.4. The van der Waals surface area contributed by atoms with E-state index in [0.717, 1.165) is 12.0 Å². The smallest absolute Gasteiger partial charge is 0.408 e. The molecule has 2 heterocycles. The van der Waals surface area contributed by atoms with E-state index in [4.69, 9.17) is 4.42 Å². The fraction of sp³-hybridized carbons (Fsp3) is 0.333. The predicted octanol–water partition coefficient (Wildman–Crippen LogP) is 1.88. The molecule has 1 aliphatic rings. The first-order chi connectivity index (χ1) is 14.4. The minimum absolute atomic E-state index is 0.0443. The number of oxazole rings is 1. The zero-order chi connectivity index (χ0) is 21.1. The maximum Gasteiger partial charge on any atom is 0.417 e. The fourth-order valence-corrected chi connectivity index (χ4v) is 5.27. The van der Waals surface area contributed by atoms with Crippen molar-refractivity contribution in [2.24, 2.45) is 5.92 Å². The van der Waals surface area contributed by atoms with Gasteiger partial charge in [-0.05, 0) is 37.0 Å². The zero-order valence-electron chi connectivity index (χ0n) is 16.3. The van der Waals surface area contributed by atoms with Gasteiger partial charge in [0.2, 0.25) is 15.9 Å². The number of aromatic nitrogens is 1. The number of nitrogens with zero attached hydrogens (tertiary/aromatic N) is 1. The van der Waals surface area contributed by atoms with Crippen LogP contribution in [0.2, 0.25) is 0 Å². The van der Waals surface area contributed by atoms with Gasteiger partial charge in [0.05, 0.1) is 16.3 Å². The van der Waals surface area contributed by atoms with Crippen LogP contribution in [0.4, 0.5) is 0 Å². The zero-order valence-corrected chi connectivity index (χ0v) is 17.2. The number of rotatable bonds is 6. The second kappa shape index (κ2) is 8.45. The van der Waals surface area contributed by atoms with Crippen LogP contribution in [0.15, 0.2) is 62.6 Å². The van der Waals surface area contributed by atoms with Crippen molar-refractivity contribution >= 4 is 27.0 Å². The first-order valence-electron chi connectivity index (χ1n) is 9.88. The molecule has 2 aromatic carbocycles. The maximum absolute atomic E-state index is 13.1. The number of aromatic amines is 1. The van der Waals surface area contributed by atoms with Crippen LogP contribution in [0.25, 0.3) is 11.1 Å². The number of benzene rings is 2. The molecule has 158 valence electrons. The van der Waals surface area contributed by atoms with E-state index in [-0.39, 0.29) is 22.9 Å². The van der Waals surface area contributed by atoms with Crippen LogP contribution in [0.5, 0.6) is 0 Å². The summed E-state index contributed by atoms with van der Waals surface area (Å²) in [6.07, 6.45) is 1.98. The van der Waals surface area contributed by atoms with E-state index in [0.29, 0.717) is 31.4 Å². The van der Waals surface area contributed by atoms with Crippen molar-refractivity contribution in [1.29, 1.82) is 0 Å². The molecule has 1 saturated heterocycles. The van der Waals surface area contributed by atoms with Gasteiger partial charge in [0.15, 0.2) is 5.58 Å². The summed E-state index contributed by atoms with van der Waals surface area (Å²) in [5.41, 5.74) is 1.76. The molecule has 0 saturated carbocycles. The molecule has 1 aliphatic heterocycles. The highest BCUT2D eigenvalue weighted by atomic mass is 32.2. The lowest BCUT2D eigenvalue weighted by Crippen LogP contribution is -2.45. The molecule has 1 fully saturated rings. The lowest BCUT2D eigenvalue weighted by molar-refractivity contribution is -0.126. The van der Waals surface area contributed by atoms with Gasteiger partial charge in [0.25, 0.3) is 0 Å². The predicted molar refractivity (Wildman–Crippen MR) is 111 cm³/mol. The van der Waals surface area contributed by atoms with Crippen molar-refractivity contribution in [3.63, 3.8) is 0 Å². The van der Waals surface area contributed by atoms with Gasteiger partial charge in [-0.3, -0.25) is 9.78 Å². The van der Waals surface area contributed by atoms with E-state index in [1.165, 1.54) is 22.5 Å². The van der Waals surface area contributed by atoms with Crippen LogP contribution in [-0.4, -0.2) is 43.2 Å². The number of hydrogen-bond acceptors (Lipinski definition) is 5. The molecular weight excluding hydrogens is 406 g/mol. The van der Waals surface area contributed by atoms with E-state index in [9.17, 15) is 18.0 Å². The Morgan fingerprint density at radius 2 is 2.00 bits per heavy atom. The van der Waals surface area contributed by atoms with E-state index < -0.39 is 21.7 Å². The molecule has 0 bridgehead atoms. The monoisotopic (exact) mass is 429 g/mol. The number of H-pyrrole nitrogens is 1. The second-order valence-electron chi connectivity index (χ2n) is 7.40. The van der Waals surface area contributed by atoms with Crippen LogP contribution in [0, 0.1) is 5.92 Å². The van der Waals surface area contributed by atoms with E-state index in [1.807, 2.05) is 30.3 Å². The van der Waals surface area contributed by atoms with Crippen LogP contribution < -0.4 is 11.1 Å². The van der Waals surface area contributed by atoms with Crippen LogP contribution >= 0.6 is 0 Å². The fourth-order valence-electron chi connectivity index (χ4n) is 3.73. The quantitative estimate of drug-likeness (QED) is 0.621. The summed E-state index contributed by atoms with van der Waals surface area (Å²) >= 11 is 0. The molecular formula is C21H23N3O5S. The van der Waals surface area contributed by atoms with Crippen molar-refractivity contribution in [3.05, 3.63) is 64.6 Å². The Morgan fingerprint density at radius 3 is 2.80 bits per heavy atom. The number of sulfonamides is 1. The molecule has 30 heavy (non-hydrogen) atoms. The Hall–Kier alpha value is -2.91. The number of carbonyl (C=O) groups excluding carboxylic acids is 1.